The standard InChI is InChI=1S/C20H26N2O4S/c1-2-27(24,25)19-11-5-4-9-16(19)20(23)21-15-17(18-10-8-14-26-18)22-12-6-3-7-13-22/h4-5,8-11,14,17H,2-3,6-7,12-13,15H2,1H3,(H,21,23)/t17-/m1/s1. The van der Waals surface area contributed by atoms with E-state index < -0.39 is 9.84 Å². The first-order chi connectivity index (χ1) is 13.0. The number of benzene rings is 1. The van der Waals surface area contributed by atoms with E-state index in [0.29, 0.717) is 6.54 Å². The second-order valence-electron chi connectivity index (χ2n) is 6.74. The van der Waals surface area contributed by atoms with Crippen LogP contribution in [0.25, 0.3) is 0 Å². The Balaban J connectivity index is 1.77. The van der Waals surface area contributed by atoms with Gasteiger partial charge in [0.25, 0.3) is 5.91 Å². The molecule has 1 aliphatic heterocycles. The van der Waals surface area contributed by atoms with Crippen molar-refractivity contribution in [3.8, 4) is 0 Å². The molecule has 1 amide bonds. The van der Waals surface area contributed by atoms with Gasteiger partial charge in [-0.3, -0.25) is 9.69 Å². The minimum atomic E-state index is -3.47. The van der Waals surface area contributed by atoms with Crippen molar-refractivity contribution in [1.82, 2.24) is 10.2 Å². The van der Waals surface area contributed by atoms with Gasteiger partial charge in [0.15, 0.2) is 9.84 Å². The van der Waals surface area contributed by atoms with E-state index in [4.69, 9.17) is 4.42 Å². The molecule has 1 atom stereocenters. The number of furan rings is 1. The summed E-state index contributed by atoms with van der Waals surface area (Å²) in [5, 5.41) is 2.92. The molecule has 7 heteroatoms. The first-order valence-corrected chi connectivity index (χ1v) is 11.1. The lowest BCUT2D eigenvalue weighted by molar-refractivity contribution is 0.0911. The molecule has 0 unspecified atom stereocenters. The second kappa shape index (κ2) is 8.71. The van der Waals surface area contributed by atoms with E-state index in [1.807, 2.05) is 12.1 Å². The lowest BCUT2D eigenvalue weighted by Gasteiger charge is -2.33. The fourth-order valence-electron chi connectivity index (χ4n) is 3.49. The molecule has 1 aromatic carbocycles. The molecule has 6 nitrogen and oxygen atoms in total. The number of nitrogens with zero attached hydrogens (tertiary/aromatic N) is 1. The first kappa shape index (κ1) is 19.6. The monoisotopic (exact) mass is 390 g/mol. The predicted molar refractivity (Wildman–Crippen MR) is 103 cm³/mol. The van der Waals surface area contributed by atoms with E-state index >= 15 is 0 Å². The predicted octanol–water partition coefficient (Wildman–Crippen LogP) is 3.03. The fraction of sp³-hybridized carbons (Fsp3) is 0.450. The highest BCUT2D eigenvalue weighted by Gasteiger charge is 2.26. The van der Waals surface area contributed by atoms with Crippen molar-refractivity contribution in [1.29, 1.82) is 0 Å². The van der Waals surface area contributed by atoms with Crippen molar-refractivity contribution in [2.45, 2.75) is 37.1 Å². The summed E-state index contributed by atoms with van der Waals surface area (Å²) in [6, 6.07) is 10.1. The fourth-order valence-corrected chi connectivity index (χ4v) is 4.58. The summed E-state index contributed by atoms with van der Waals surface area (Å²) in [7, 11) is -3.47. The SMILES string of the molecule is CCS(=O)(=O)c1ccccc1C(=O)NC[C@H](c1ccco1)N1CCCCC1. The van der Waals surface area contributed by atoms with Gasteiger partial charge in [-0.25, -0.2) is 8.42 Å². The molecule has 3 rings (SSSR count). The maximum Gasteiger partial charge on any atom is 0.252 e. The third kappa shape index (κ3) is 4.59. The molecular formula is C20H26N2O4S. The summed E-state index contributed by atoms with van der Waals surface area (Å²) in [5.74, 6) is 0.392. The van der Waals surface area contributed by atoms with Crippen LogP contribution in [0.3, 0.4) is 0 Å². The Bertz CT molecular complexity index is 856. The van der Waals surface area contributed by atoms with Crippen LogP contribution in [0.5, 0.6) is 0 Å². The minimum absolute atomic E-state index is 0.0416. The number of sulfone groups is 1. The van der Waals surface area contributed by atoms with E-state index in [0.717, 1.165) is 31.7 Å². The highest BCUT2D eigenvalue weighted by Crippen LogP contribution is 2.25. The quantitative estimate of drug-likeness (QED) is 0.786. The molecule has 0 radical (unpaired) electrons. The van der Waals surface area contributed by atoms with Crippen LogP contribution in [0.1, 0.15) is 48.3 Å². The van der Waals surface area contributed by atoms with Crippen molar-refractivity contribution in [2.75, 3.05) is 25.4 Å². The third-order valence-corrected chi connectivity index (χ3v) is 6.79. The van der Waals surface area contributed by atoms with Gasteiger partial charge in [0.1, 0.15) is 5.76 Å². The molecule has 2 aromatic rings. The van der Waals surface area contributed by atoms with Crippen LogP contribution < -0.4 is 5.32 Å². The molecule has 1 aliphatic rings. The maximum atomic E-state index is 12.8. The number of likely N-dealkylation sites (tertiary alicyclic amines) is 1. The third-order valence-electron chi connectivity index (χ3n) is 5.01. The van der Waals surface area contributed by atoms with Gasteiger partial charge in [-0.2, -0.15) is 0 Å². The van der Waals surface area contributed by atoms with Crippen molar-refractivity contribution < 1.29 is 17.6 Å². The molecule has 27 heavy (non-hydrogen) atoms. The Morgan fingerprint density at radius 1 is 1.15 bits per heavy atom. The van der Waals surface area contributed by atoms with Crippen molar-refractivity contribution in [3.05, 3.63) is 54.0 Å². The van der Waals surface area contributed by atoms with Gasteiger partial charge in [0, 0.05) is 6.54 Å². The van der Waals surface area contributed by atoms with E-state index in [-0.39, 0.29) is 28.2 Å². The zero-order chi connectivity index (χ0) is 19.3. The summed E-state index contributed by atoms with van der Waals surface area (Å²) in [6.45, 7) is 3.87. The van der Waals surface area contributed by atoms with Crippen LogP contribution in [-0.4, -0.2) is 44.6 Å². The van der Waals surface area contributed by atoms with Crippen LogP contribution >= 0.6 is 0 Å². The minimum Gasteiger partial charge on any atom is -0.468 e. The molecule has 1 N–H and O–H groups in total. The molecule has 0 spiro atoms. The number of nitrogens with one attached hydrogen (secondary N) is 1. The summed E-state index contributed by atoms with van der Waals surface area (Å²) < 4.78 is 30.2. The Hall–Kier alpha value is -2.12. The molecule has 0 saturated carbocycles. The number of piperidine rings is 1. The van der Waals surface area contributed by atoms with E-state index in [1.54, 1.807) is 31.4 Å². The van der Waals surface area contributed by atoms with Crippen molar-refractivity contribution >= 4 is 15.7 Å². The highest BCUT2D eigenvalue weighted by atomic mass is 32.2. The maximum absolute atomic E-state index is 12.8. The van der Waals surface area contributed by atoms with E-state index in [2.05, 4.69) is 10.2 Å². The number of carbonyl (C=O) groups excluding carboxylic acids is 1. The van der Waals surface area contributed by atoms with Crippen LogP contribution in [0.15, 0.2) is 52.0 Å². The summed E-state index contributed by atoms with van der Waals surface area (Å²) in [4.78, 5) is 15.2. The average molecular weight is 391 g/mol. The largest absolute Gasteiger partial charge is 0.468 e. The van der Waals surface area contributed by atoms with Gasteiger partial charge >= 0.3 is 0 Å². The Kier molecular flexibility index (Phi) is 6.34. The van der Waals surface area contributed by atoms with Gasteiger partial charge < -0.3 is 9.73 Å². The highest BCUT2D eigenvalue weighted by molar-refractivity contribution is 7.91. The molecule has 1 fully saturated rings. The van der Waals surface area contributed by atoms with Crippen molar-refractivity contribution in [3.63, 3.8) is 0 Å². The molecule has 1 saturated heterocycles. The lowest BCUT2D eigenvalue weighted by atomic mass is 10.1. The topological polar surface area (TPSA) is 79.6 Å². The normalized spacial score (nSPS) is 16.8. The van der Waals surface area contributed by atoms with Gasteiger partial charge in [-0.15, -0.1) is 0 Å². The summed E-state index contributed by atoms with van der Waals surface area (Å²) in [5.41, 5.74) is 0.191. The van der Waals surface area contributed by atoms with Gasteiger partial charge in [-0.1, -0.05) is 25.5 Å². The number of rotatable bonds is 7. The Morgan fingerprint density at radius 3 is 2.56 bits per heavy atom. The molecule has 146 valence electrons. The first-order valence-electron chi connectivity index (χ1n) is 9.40. The molecule has 1 aromatic heterocycles. The second-order valence-corrected chi connectivity index (χ2v) is 8.98. The van der Waals surface area contributed by atoms with Crippen LogP contribution in [0, 0.1) is 0 Å². The van der Waals surface area contributed by atoms with Crippen molar-refractivity contribution in [2.24, 2.45) is 0 Å². The summed E-state index contributed by atoms with van der Waals surface area (Å²) in [6.07, 6.45) is 5.11. The smallest absolute Gasteiger partial charge is 0.252 e. The lowest BCUT2D eigenvalue weighted by Crippen LogP contribution is -2.40. The number of hydrogen-bond acceptors (Lipinski definition) is 5. The molecule has 0 bridgehead atoms. The van der Waals surface area contributed by atoms with Gasteiger partial charge in [-0.05, 0) is 50.2 Å². The Morgan fingerprint density at radius 2 is 1.89 bits per heavy atom. The molecule has 2 heterocycles. The zero-order valence-corrected chi connectivity index (χ0v) is 16.4. The van der Waals surface area contributed by atoms with Crippen LogP contribution in [0.2, 0.25) is 0 Å². The Labute approximate surface area is 160 Å². The number of amides is 1. The van der Waals surface area contributed by atoms with Crippen LogP contribution in [0.4, 0.5) is 0 Å². The number of hydrogen-bond donors (Lipinski definition) is 1. The molecular weight excluding hydrogens is 364 g/mol. The van der Waals surface area contributed by atoms with Crippen LogP contribution in [-0.2, 0) is 9.84 Å². The number of carbonyl (C=O) groups is 1. The summed E-state index contributed by atoms with van der Waals surface area (Å²) >= 11 is 0. The average Bonchev–Trinajstić information content (AvgIpc) is 3.23. The van der Waals surface area contributed by atoms with Gasteiger partial charge in [0.05, 0.1) is 28.5 Å². The molecule has 0 aliphatic carbocycles. The zero-order valence-electron chi connectivity index (χ0n) is 15.6. The van der Waals surface area contributed by atoms with Gasteiger partial charge in [0.2, 0.25) is 0 Å². The van der Waals surface area contributed by atoms with E-state index in [1.165, 1.54) is 12.5 Å². The van der Waals surface area contributed by atoms with E-state index in [9.17, 15) is 13.2 Å².